The summed E-state index contributed by atoms with van der Waals surface area (Å²) in [6, 6.07) is 0. The van der Waals surface area contributed by atoms with E-state index < -0.39 is 28.1 Å². The van der Waals surface area contributed by atoms with E-state index in [2.05, 4.69) is 0 Å². The smallest absolute Gasteiger partial charge is 0.424 e. The van der Waals surface area contributed by atoms with Crippen LogP contribution >= 0.6 is 0 Å². The van der Waals surface area contributed by atoms with Crippen molar-refractivity contribution in [3.8, 4) is 0 Å². The Bertz CT molecular complexity index is 345. The van der Waals surface area contributed by atoms with E-state index in [-0.39, 0.29) is 6.61 Å². The molecule has 0 atom stereocenters. The van der Waals surface area contributed by atoms with Crippen molar-refractivity contribution in [3.63, 3.8) is 0 Å². The molecule has 1 rings (SSSR count). The molecule has 1 aliphatic carbocycles. The maximum atomic E-state index is 11.7. The van der Waals surface area contributed by atoms with Crippen LogP contribution in [-0.2, 0) is 15.6 Å². The molecule has 0 spiro atoms. The van der Waals surface area contributed by atoms with Gasteiger partial charge in [0.2, 0.25) is 10.9 Å². The Morgan fingerprint density at radius 3 is 2.19 bits per heavy atom. The number of aliphatic hydroxyl groups excluding tert-OH is 1. The lowest BCUT2D eigenvalue weighted by atomic mass is 10.2. The van der Waals surface area contributed by atoms with Gasteiger partial charge in [0.05, 0.1) is 12.1 Å². The van der Waals surface area contributed by atoms with Crippen LogP contribution in [0.2, 0.25) is 0 Å². The molecular formula is C9H17NO5S. The third-order valence-electron chi connectivity index (χ3n) is 2.30. The Balaban J connectivity index is 2.84. The van der Waals surface area contributed by atoms with Crippen molar-refractivity contribution in [3.05, 3.63) is 0 Å². The van der Waals surface area contributed by atoms with Gasteiger partial charge in [0, 0.05) is 0 Å². The molecule has 0 radical (unpaired) electrons. The zero-order valence-electron chi connectivity index (χ0n) is 9.60. The minimum absolute atomic E-state index is 0.366. The number of hydrogen-bond acceptors (Lipinski definition) is 5. The van der Waals surface area contributed by atoms with Crippen LogP contribution in [0.25, 0.3) is 0 Å². The number of amides is 1. The fourth-order valence-electron chi connectivity index (χ4n) is 1.32. The minimum Gasteiger partial charge on any atom is -0.443 e. The molecule has 6 nitrogen and oxygen atoms in total. The lowest BCUT2D eigenvalue weighted by Crippen LogP contribution is -2.45. The average Bonchev–Trinajstić information content (AvgIpc) is 2.81. The first-order valence-corrected chi connectivity index (χ1v) is 6.13. The highest BCUT2D eigenvalue weighted by Crippen LogP contribution is 2.42. The molecule has 0 heterocycles. The lowest BCUT2D eigenvalue weighted by Gasteiger charge is -2.28. The van der Waals surface area contributed by atoms with Crippen LogP contribution in [-0.4, -0.2) is 41.7 Å². The monoisotopic (exact) mass is 251 g/mol. The van der Waals surface area contributed by atoms with Gasteiger partial charge in [-0.25, -0.2) is 13.2 Å². The van der Waals surface area contributed by atoms with Gasteiger partial charge in [-0.05, 0) is 33.6 Å². The second kappa shape index (κ2) is 4.21. The minimum atomic E-state index is -3.09. The van der Waals surface area contributed by atoms with Crippen molar-refractivity contribution in [2.45, 2.75) is 44.8 Å². The third-order valence-corrected chi connectivity index (χ3v) is 3.21. The highest BCUT2D eigenvalue weighted by molar-refractivity contribution is 7.70. The second-order valence-electron chi connectivity index (χ2n) is 4.91. The van der Waals surface area contributed by atoms with Crippen LogP contribution in [0.1, 0.15) is 33.6 Å². The largest absolute Gasteiger partial charge is 0.443 e. The first-order valence-electron chi connectivity index (χ1n) is 5.00. The predicted molar refractivity (Wildman–Crippen MR) is 57.4 cm³/mol. The molecule has 1 amide bonds. The van der Waals surface area contributed by atoms with Gasteiger partial charge in [-0.15, -0.1) is 0 Å². The molecule has 1 fully saturated rings. The molecule has 0 saturated heterocycles. The van der Waals surface area contributed by atoms with E-state index in [1.54, 1.807) is 20.8 Å². The molecule has 0 aromatic rings. The van der Waals surface area contributed by atoms with Crippen LogP contribution < -0.4 is 0 Å². The SMILES string of the molecule is CC(C)(C)OC(=O)N([SH](=O)=O)C1(CO)CC1. The van der Waals surface area contributed by atoms with E-state index in [9.17, 15) is 13.2 Å². The van der Waals surface area contributed by atoms with Gasteiger partial charge in [0.25, 0.3) is 0 Å². The molecule has 7 heteroatoms. The van der Waals surface area contributed by atoms with Crippen LogP contribution in [0.4, 0.5) is 4.79 Å². The molecule has 1 saturated carbocycles. The number of nitrogens with zero attached hydrogens (tertiary/aromatic N) is 1. The van der Waals surface area contributed by atoms with Gasteiger partial charge in [-0.3, -0.25) is 0 Å². The fourth-order valence-corrected chi connectivity index (χ4v) is 2.10. The Morgan fingerprint density at radius 1 is 1.44 bits per heavy atom. The first kappa shape index (κ1) is 13.2. The molecule has 1 N–H and O–H groups in total. The summed E-state index contributed by atoms with van der Waals surface area (Å²) in [5, 5.41) is 9.11. The summed E-state index contributed by atoms with van der Waals surface area (Å²) >= 11 is 0. The second-order valence-corrected chi connectivity index (χ2v) is 5.79. The standard InChI is InChI=1S/C9H17NO5S/c1-8(2,3)15-7(12)10(16(13)14)9(6-11)4-5-9/h11,16H,4-6H2,1-3H3. The maximum Gasteiger partial charge on any atom is 0.424 e. The molecule has 1 aliphatic rings. The number of thiol groups is 1. The fraction of sp³-hybridized carbons (Fsp3) is 0.889. The zero-order chi connectivity index (χ0) is 12.6. The van der Waals surface area contributed by atoms with Gasteiger partial charge < -0.3 is 9.84 Å². The predicted octanol–water partition coefficient (Wildman–Crippen LogP) is 0.275. The van der Waals surface area contributed by atoms with Crippen LogP contribution in [0.3, 0.4) is 0 Å². The van der Waals surface area contributed by atoms with Crippen molar-refractivity contribution < 1.29 is 23.1 Å². The normalized spacial score (nSPS) is 18.3. The van der Waals surface area contributed by atoms with Gasteiger partial charge in [-0.1, -0.05) is 0 Å². The molecule has 0 bridgehead atoms. The van der Waals surface area contributed by atoms with Crippen molar-refractivity contribution in [2.24, 2.45) is 0 Å². The number of carbonyl (C=O) groups excluding carboxylic acids is 1. The molecule has 0 unspecified atom stereocenters. The third kappa shape index (κ3) is 2.85. The number of ether oxygens (including phenoxy) is 1. The first-order chi connectivity index (χ1) is 7.22. The van der Waals surface area contributed by atoms with Crippen molar-refractivity contribution >= 4 is 17.0 Å². The highest BCUT2D eigenvalue weighted by Gasteiger charge is 2.53. The lowest BCUT2D eigenvalue weighted by molar-refractivity contribution is 0.0275. The Morgan fingerprint density at radius 2 is 1.94 bits per heavy atom. The summed E-state index contributed by atoms with van der Waals surface area (Å²) in [6.07, 6.45) is 0.0353. The quantitative estimate of drug-likeness (QED) is 0.704. The Kier molecular flexibility index (Phi) is 3.49. The van der Waals surface area contributed by atoms with Crippen molar-refractivity contribution in [1.29, 1.82) is 0 Å². The van der Waals surface area contributed by atoms with Gasteiger partial charge in [0.1, 0.15) is 5.60 Å². The summed E-state index contributed by atoms with van der Waals surface area (Å²) < 4.78 is 27.7. The number of aliphatic hydroxyl groups is 1. The summed E-state index contributed by atoms with van der Waals surface area (Å²) in [4.78, 5) is 11.7. The highest BCUT2D eigenvalue weighted by atomic mass is 32.2. The van der Waals surface area contributed by atoms with Crippen LogP contribution in [0, 0.1) is 0 Å². The average molecular weight is 251 g/mol. The Hall–Kier alpha value is -0.820. The van der Waals surface area contributed by atoms with E-state index in [1.807, 2.05) is 0 Å². The van der Waals surface area contributed by atoms with Gasteiger partial charge in [0.15, 0.2) is 0 Å². The summed E-state index contributed by atoms with van der Waals surface area (Å²) in [6.45, 7) is 4.59. The molecular weight excluding hydrogens is 234 g/mol. The molecule has 0 aromatic heterocycles. The van der Waals surface area contributed by atoms with Crippen molar-refractivity contribution in [1.82, 2.24) is 4.31 Å². The Labute approximate surface area is 96.3 Å². The topological polar surface area (TPSA) is 83.9 Å². The maximum absolute atomic E-state index is 11.7. The molecule has 16 heavy (non-hydrogen) atoms. The van der Waals surface area contributed by atoms with Gasteiger partial charge in [-0.2, -0.15) is 4.31 Å². The summed E-state index contributed by atoms with van der Waals surface area (Å²) in [5.74, 6) is 0. The summed E-state index contributed by atoms with van der Waals surface area (Å²) in [5.41, 5.74) is -1.72. The molecule has 94 valence electrons. The van der Waals surface area contributed by atoms with E-state index >= 15 is 0 Å². The van der Waals surface area contributed by atoms with Gasteiger partial charge >= 0.3 is 6.09 Å². The number of carbonyl (C=O) groups is 1. The van der Waals surface area contributed by atoms with Crippen LogP contribution in [0.15, 0.2) is 0 Å². The van der Waals surface area contributed by atoms with Crippen LogP contribution in [0.5, 0.6) is 0 Å². The van der Waals surface area contributed by atoms with E-state index in [4.69, 9.17) is 9.84 Å². The van der Waals surface area contributed by atoms with Crippen molar-refractivity contribution in [2.75, 3.05) is 6.61 Å². The van der Waals surface area contributed by atoms with E-state index in [1.165, 1.54) is 0 Å². The zero-order valence-corrected chi connectivity index (χ0v) is 10.5. The number of rotatable bonds is 3. The number of hydrogen-bond donors (Lipinski definition) is 2. The van der Waals surface area contributed by atoms with E-state index in [0.717, 1.165) is 0 Å². The van der Waals surface area contributed by atoms with E-state index in [0.29, 0.717) is 17.1 Å². The summed E-state index contributed by atoms with van der Waals surface area (Å²) in [7, 11) is -3.09. The molecule has 0 aromatic carbocycles. The molecule has 0 aliphatic heterocycles.